The Hall–Kier alpha value is -1.95. The smallest absolute Gasteiger partial charge is 0.259 e. The highest BCUT2D eigenvalue weighted by molar-refractivity contribution is 7.71. The van der Waals surface area contributed by atoms with Gasteiger partial charge >= 0.3 is 0 Å². The molecule has 2 aromatic rings. The average Bonchev–Trinajstić information content (AvgIpc) is 3.17. The van der Waals surface area contributed by atoms with E-state index in [2.05, 4.69) is 22.2 Å². The number of rotatable bonds is 3. The van der Waals surface area contributed by atoms with Gasteiger partial charge in [0.15, 0.2) is 4.77 Å². The molecule has 2 aliphatic rings. The summed E-state index contributed by atoms with van der Waals surface area (Å²) in [6.07, 6.45) is 5.25. The summed E-state index contributed by atoms with van der Waals surface area (Å²) in [6.45, 7) is 2.11. The van der Waals surface area contributed by atoms with Crippen LogP contribution in [0.25, 0.3) is 10.9 Å². The van der Waals surface area contributed by atoms with Crippen LogP contribution in [0, 0.1) is 22.5 Å². The van der Waals surface area contributed by atoms with Crippen LogP contribution in [0.15, 0.2) is 23.0 Å². The van der Waals surface area contributed by atoms with Gasteiger partial charge in [-0.3, -0.25) is 14.6 Å². The van der Waals surface area contributed by atoms with Crippen molar-refractivity contribution in [3.05, 3.63) is 38.9 Å². The normalized spacial score (nSPS) is 26.6. The van der Waals surface area contributed by atoms with Gasteiger partial charge in [-0.15, -0.1) is 0 Å². The molecular weight excluding hydrogens is 322 g/mol. The van der Waals surface area contributed by atoms with E-state index in [1.165, 1.54) is 25.7 Å². The highest BCUT2D eigenvalue weighted by Gasteiger charge is 2.42. The van der Waals surface area contributed by atoms with Gasteiger partial charge in [0.2, 0.25) is 0 Å². The zero-order chi connectivity index (χ0) is 16.8. The van der Waals surface area contributed by atoms with Gasteiger partial charge in [-0.25, -0.2) is 0 Å². The molecule has 1 heterocycles. The van der Waals surface area contributed by atoms with Crippen molar-refractivity contribution in [2.75, 3.05) is 0 Å². The fourth-order valence-electron chi connectivity index (χ4n) is 4.61. The largest absolute Gasteiger partial charge is 0.349 e. The number of amides is 1. The summed E-state index contributed by atoms with van der Waals surface area (Å²) in [7, 11) is 0. The molecule has 126 valence electrons. The van der Waals surface area contributed by atoms with Crippen molar-refractivity contribution >= 4 is 29.0 Å². The molecule has 24 heavy (non-hydrogen) atoms. The lowest BCUT2D eigenvalue weighted by Gasteiger charge is -2.28. The predicted molar refractivity (Wildman–Crippen MR) is 95.6 cm³/mol. The van der Waals surface area contributed by atoms with E-state index in [0.717, 1.165) is 11.8 Å². The third-order valence-electron chi connectivity index (χ3n) is 5.80. The average molecular weight is 343 g/mol. The summed E-state index contributed by atoms with van der Waals surface area (Å²) in [5.74, 6) is 2.15. The van der Waals surface area contributed by atoms with Crippen molar-refractivity contribution in [3.63, 3.8) is 0 Å². The maximum absolute atomic E-state index is 12.6. The van der Waals surface area contributed by atoms with Crippen molar-refractivity contribution < 1.29 is 4.79 Å². The number of carbonyl (C=O) groups excluding carboxylic acids is 1. The molecule has 1 aromatic carbocycles. The summed E-state index contributed by atoms with van der Waals surface area (Å²) in [4.78, 5) is 29.9. The minimum Gasteiger partial charge on any atom is -0.349 e. The van der Waals surface area contributed by atoms with E-state index in [1.54, 1.807) is 18.2 Å². The lowest BCUT2D eigenvalue weighted by atomic mass is 9.84. The monoisotopic (exact) mass is 343 g/mol. The first-order valence-electron chi connectivity index (χ1n) is 8.58. The van der Waals surface area contributed by atoms with E-state index < -0.39 is 0 Å². The molecule has 4 atom stereocenters. The lowest BCUT2D eigenvalue weighted by Crippen LogP contribution is -2.40. The number of H-pyrrole nitrogens is 2. The van der Waals surface area contributed by atoms with Gasteiger partial charge in [0.1, 0.15) is 0 Å². The van der Waals surface area contributed by atoms with Crippen molar-refractivity contribution in [2.24, 2.45) is 17.8 Å². The summed E-state index contributed by atoms with van der Waals surface area (Å²) < 4.78 is 0.264. The molecule has 2 saturated carbocycles. The molecule has 2 bridgehead atoms. The molecule has 6 heteroatoms. The molecule has 0 spiro atoms. The topological polar surface area (TPSA) is 77.8 Å². The zero-order valence-corrected chi connectivity index (χ0v) is 14.4. The van der Waals surface area contributed by atoms with Crippen LogP contribution in [-0.4, -0.2) is 21.9 Å². The number of aromatic amines is 2. The minimum absolute atomic E-state index is 0.0910. The van der Waals surface area contributed by atoms with Crippen LogP contribution >= 0.6 is 12.2 Å². The molecule has 2 aliphatic carbocycles. The molecule has 0 unspecified atom stereocenters. The number of benzene rings is 1. The number of carbonyl (C=O) groups is 1. The molecule has 1 aromatic heterocycles. The van der Waals surface area contributed by atoms with Crippen LogP contribution in [0.5, 0.6) is 0 Å². The van der Waals surface area contributed by atoms with Crippen LogP contribution in [0.3, 0.4) is 0 Å². The Morgan fingerprint density at radius 3 is 2.83 bits per heavy atom. The van der Waals surface area contributed by atoms with Crippen molar-refractivity contribution in [3.8, 4) is 0 Å². The second kappa shape index (κ2) is 5.84. The Morgan fingerprint density at radius 2 is 2.12 bits per heavy atom. The molecule has 0 radical (unpaired) electrons. The first-order chi connectivity index (χ1) is 11.5. The minimum atomic E-state index is -0.240. The second-order valence-electron chi connectivity index (χ2n) is 7.27. The summed E-state index contributed by atoms with van der Waals surface area (Å²) in [5.41, 5.74) is 0.897. The van der Waals surface area contributed by atoms with Crippen molar-refractivity contribution in [1.29, 1.82) is 0 Å². The Morgan fingerprint density at radius 1 is 1.29 bits per heavy atom. The summed E-state index contributed by atoms with van der Waals surface area (Å²) >= 11 is 5.00. The summed E-state index contributed by atoms with van der Waals surface area (Å²) in [5, 5.41) is 3.65. The van der Waals surface area contributed by atoms with Gasteiger partial charge in [0, 0.05) is 11.6 Å². The van der Waals surface area contributed by atoms with Crippen LogP contribution in [0.4, 0.5) is 0 Å². The number of fused-ring (bicyclic) bond motifs is 3. The highest BCUT2D eigenvalue weighted by atomic mass is 32.1. The standard InChI is InChI=1S/C18H21N3O2S/c1-9(14-7-10-2-3-11(14)6-10)19-16(22)12-4-5-13-15(8-12)20-18(24)21-17(13)23/h4-5,8-11,14H,2-3,6-7H2,1H3,(H,19,22)(H2,20,21,23,24)/t9-,10-,11-,14+/m0/s1. The van der Waals surface area contributed by atoms with E-state index in [0.29, 0.717) is 22.4 Å². The maximum Gasteiger partial charge on any atom is 0.259 e. The Bertz CT molecular complexity index is 916. The van der Waals surface area contributed by atoms with E-state index in [1.807, 2.05) is 0 Å². The lowest BCUT2D eigenvalue weighted by molar-refractivity contribution is 0.0915. The SMILES string of the molecule is C[C@H](NC(=O)c1ccc2c(=O)[nH]c(=S)[nH]c2c1)[C@H]1C[C@H]2CC[C@H]1C2. The van der Waals surface area contributed by atoms with E-state index in [4.69, 9.17) is 12.2 Å². The first kappa shape index (κ1) is 15.6. The molecule has 4 rings (SSSR count). The van der Waals surface area contributed by atoms with Crippen molar-refractivity contribution in [1.82, 2.24) is 15.3 Å². The quantitative estimate of drug-likeness (QED) is 0.749. The number of hydrogen-bond donors (Lipinski definition) is 3. The third-order valence-corrected chi connectivity index (χ3v) is 6.00. The molecule has 2 fully saturated rings. The van der Waals surface area contributed by atoms with Crippen LogP contribution in [-0.2, 0) is 0 Å². The fourth-order valence-corrected chi connectivity index (χ4v) is 4.82. The molecule has 3 N–H and O–H groups in total. The van der Waals surface area contributed by atoms with Crippen LogP contribution < -0.4 is 10.9 Å². The molecule has 5 nitrogen and oxygen atoms in total. The second-order valence-corrected chi connectivity index (χ2v) is 7.68. The maximum atomic E-state index is 12.6. The predicted octanol–water partition coefficient (Wildman–Crippen LogP) is 3.14. The van der Waals surface area contributed by atoms with Crippen LogP contribution in [0.1, 0.15) is 43.0 Å². The molecule has 0 saturated heterocycles. The molecular formula is C18H21N3O2S. The van der Waals surface area contributed by atoms with Gasteiger partial charge in [-0.05, 0) is 74.4 Å². The summed E-state index contributed by atoms with van der Waals surface area (Å²) in [6, 6.07) is 5.23. The number of aromatic nitrogens is 2. The number of hydrogen-bond acceptors (Lipinski definition) is 3. The first-order valence-corrected chi connectivity index (χ1v) is 8.99. The van der Waals surface area contributed by atoms with Crippen LogP contribution in [0.2, 0.25) is 0 Å². The van der Waals surface area contributed by atoms with Gasteiger partial charge in [-0.2, -0.15) is 0 Å². The molecule has 0 aliphatic heterocycles. The van der Waals surface area contributed by atoms with Gasteiger partial charge in [-0.1, -0.05) is 6.42 Å². The zero-order valence-electron chi connectivity index (χ0n) is 13.6. The van der Waals surface area contributed by atoms with E-state index >= 15 is 0 Å². The van der Waals surface area contributed by atoms with E-state index in [-0.39, 0.29) is 22.3 Å². The Balaban J connectivity index is 1.55. The number of nitrogens with one attached hydrogen (secondary N) is 3. The van der Waals surface area contributed by atoms with Gasteiger partial charge in [0.05, 0.1) is 10.9 Å². The van der Waals surface area contributed by atoms with E-state index in [9.17, 15) is 9.59 Å². The van der Waals surface area contributed by atoms with Crippen molar-refractivity contribution in [2.45, 2.75) is 38.6 Å². The fraction of sp³-hybridized carbons (Fsp3) is 0.500. The Kier molecular flexibility index (Phi) is 3.79. The van der Waals surface area contributed by atoms with Gasteiger partial charge in [0.25, 0.3) is 11.5 Å². The molecule has 1 amide bonds. The van der Waals surface area contributed by atoms with Gasteiger partial charge < -0.3 is 10.3 Å². The third kappa shape index (κ3) is 2.69. The Labute approximate surface area is 144 Å². The highest BCUT2D eigenvalue weighted by Crippen LogP contribution is 2.49.